The summed E-state index contributed by atoms with van der Waals surface area (Å²) in [6, 6.07) is 13.7. The van der Waals surface area contributed by atoms with E-state index in [0.29, 0.717) is 32.2 Å². The standard InChI is InChI=1S/C35H39F5N2O2/c1-32-20-29(23-8-6-22(7-9-23)21-42(2)18-15-25-5-3-4-17-41-25)31-27-13-11-26(43)19-24(27)10-12-28(31)30(32)14-16-33(32,44)34(36,37)35(38,39)40/h3-9,17,19,28-30,44H,10-16,18,20-21H2,1-2H3/t28?,29-,30?,32+,33+/m1/s1. The van der Waals surface area contributed by atoms with Crippen LogP contribution < -0.4 is 0 Å². The van der Waals surface area contributed by atoms with Gasteiger partial charge in [0.25, 0.3) is 0 Å². The van der Waals surface area contributed by atoms with E-state index in [1.54, 1.807) is 12.3 Å². The lowest BCUT2D eigenvalue weighted by atomic mass is 9.50. The zero-order valence-corrected chi connectivity index (χ0v) is 25.1. The maximum absolute atomic E-state index is 15.2. The summed E-state index contributed by atoms with van der Waals surface area (Å²) in [5.74, 6) is -6.34. The fourth-order valence-corrected chi connectivity index (χ4v) is 8.81. The van der Waals surface area contributed by atoms with E-state index in [9.17, 15) is 23.1 Å². The Morgan fingerprint density at radius 2 is 1.77 bits per heavy atom. The fraction of sp³-hybridized carbons (Fsp3) is 0.543. The summed E-state index contributed by atoms with van der Waals surface area (Å²) in [7, 11) is 2.03. The van der Waals surface area contributed by atoms with Gasteiger partial charge in [-0.25, -0.2) is 0 Å². The number of hydrogen-bond acceptors (Lipinski definition) is 4. The molecule has 0 spiro atoms. The number of halogens is 5. The monoisotopic (exact) mass is 614 g/mol. The summed E-state index contributed by atoms with van der Waals surface area (Å²) in [4.78, 5) is 18.8. The summed E-state index contributed by atoms with van der Waals surface area (Å²) in [5, 5.41) is 11.5. The second-order valence-corrected chi connectivity index (χ2v) is 13.5. The van der Waals surface area contributed by atoms with Crippen LogP contribution in [0.15, 0.2) is 71.5 Å². The number of likely N-dealkylation sites (N-methyl/N-ethyl adjacent to an activating group) is 1. The number of aliphatic hydroxyl groups is 1. The molecule has 2 saturated carbocycles. The van der Waals surface area contributed by atoms with Crippen LogP contribution in [0.5, 0.6) is 0 Å². The third-order valence-corrected chi connectivity index (χ3v) is 11.1. The van der Waals surface area contributed by atoms with Gasteiger partial charge < -0.3 is 10.0 Å². The lowest BCUT2D eigenvalue weighted by molar-refractivity contribution is -0.362. The van der Waals surface area contributed by atoms with Crippen LogP contribution in [-0.2, 0) is 17.8 Å². The number of carbonyl (C=O) groups excluding carboxylic acids is 1. The Kier molecular flexibility index (Phi) is 7.88. The van der Waals surface area contributed by atoms with Crippen LogP contribution in [0.25, 0.3) is 0 Å². The number of aromatic nitrogens is 1. The van der Waals surface area contributed by atoms with Crippen molar-refractivity contribution < 1.29 is 31.9 Å². The van der Waals surface area contributed by atoms with Crippen molar-refractivity contribution in [1.29, 1.82) is 0 Å². The van der Waals surface area contributed by atoms with E-state index in [2.05, 4.69) is 9.88 Å². The summed E-state index contributed by atoms with van der Waals surface area (Å²) >= 11 is 0. The minimum atomic E-state index is -5.86. The highest BCUT2D eigenvalue weighted by Gasteiger charge is 2.79. The van der Waals surface area contributed by atoms with Crippen LogP contribution in [0.1, 0.15) is 74.6 Å². The van der Waals surface area contributed by atoms with Crippen LogP contribution in [0.4, 0.5) is 22.0 Å². The van der Waals surface area contributed by atoms with E-state index in [-0.39, 0.29) is 24.5 Å². The van der Waals surface area contributed by atoms with Gasteiger partial charge in [-0.15, -0.1) is 0 Å². The molecule has 1 N–H and O–H groups in total. The number of nitrogens with zero attached hydrogens (tertiary/aromatic N) is 2. The van der Waals surface area contributed by atoms with Gasteiger partial charge in [0.2, 0.25) is 0 Å². The first-order valence-corrected chi connectivity index (χ1v) is 15.6. The first-order chi connectivity index (χ1) is 20.7. The molecule has 6 rings (SSSR count). The van der Waals surface area contributed by atoms with Crippen LogP contribution in [0, 0.1) is 17.3 Å². The summed E-state index contributed by atoms with van der Waals surface area (Å²) in [6.45, 7) is 2.94. The Morgan fingerprint density at radius 1 is 1.02 bits per heavy atom. The number of allylic oxidation sites excluding steroid dienone is 4. The molecule has 0 bridgehead atoms. The van der Waals surface area contributed by atoms with Gasteiger partial charge in [0, 0.05) is 49.2 Å². The van der Waals surface area contributed by atoms with Gasteiger partial charge in [0.1, 0.15) is 5.60 Å². The van der Waals surface area contributed by atoms with Crippen LogP contribution in [0.2, 0.25) is 0 Å². The summed E-state index contributed by atoms with van der Waals surface area (Å²) in [6.07, 6.45) is -0.0130. The molecule has 5 atom stereocenters. The van der Waals surface area contributed by atoms with Gasteiger partial charge in [0.05, 0.1) is 0 Å². The zero-order chi connectivity index (χ0) is 31.5. The average Bonchev–Trinajstić information content (AvgIpc) is 3.27. The molecule has 4 nitrogen and oxygen atoms in total. The predicted molar refractivity (Wildman–Crippen MR) is 157 cm³/mol. The Hall–Kier alpha value is -2.91. The van der Waals surface area contributed by atoms with E-state index in [4.69, 9.17) is 0 Å². The molecule has 1 aromatic carbocycles. The predicted octanol–water partition coefficient (Wildman–Crippen LogP) is 7.58. The molecule has 236 valence electrons. The molecular formula is C35H39F5N2O2. The van der Waals surface area contributed by atoms with E-state index < -0.39 is 41.4 Å². The van der Waals surface area contributed by atoms with Crippen LogP contribution >= 0.6 is 0 Å². The highest BCUT2D eigenvalue weighted by Crippen LogP contribution is 2.70. The molecule has 0 amide bonds. The molecule has 0 saturated heterocycles. The Morgan fingerprint density at radius 3 is 2.45 bits per heavy atom. The van der Waals surface area contributed by atoms with Crippen molar-refractivity contribution in [3.05, 3.63) is 88.3 Å². The van der Waals surface area contributed by atoms with Gasteiger partial charge in [-0.05, 0) is 97.9 Å². The van der Waals surface area contributed by atoms with Crippen molar-refractivity contribution in [2.75, 3.05) is 13.6 Å². The SMILES string of the molecule is CN(CCc1ccccn1)Cc1ccc([C@H]2C[C@@]3(C)C(CC[C@@]3(O)C(F)(F)C(F)(F)F)C3CCC4=CC(=O)CCC4=C32)cc1. The van der Waals surface area contributed by atoms with Gasteiger partial charge in [-0.3, -0.25) is 9.78 Å². The largest absolute Gasteiger partial charge is 0.456 e. The van der Waals surface area contributed by atoms with E-state index in [1.165, 1.54) is 6.92 Å². The smallest absolute Gasteiger partial charge is 0.383 e. The molecular weight excluding hydrogens is 575 g/mol. The molecule has 0 radical (unpaired) electrons. The van der Waals surface area contributed by atoms with Crippen molar-refractivity contribution >= 4 is 5.78 Å². The molecule has 0 aliphatic heterocycles. The van der Waals surface area contributed by atoms with Crippen molar-refractivity contribution in [2.24, 2.45) is 17.3 Å². The normalized spacial score (nSPS) is 30.6. The number of rotatable bonds is 7. The van der Waals surface area contributed by atoms with Crippen molar-refractivity contribution in [1.82, 2.24) is 9.88 Å². The number of benzene rings is 1. The number of hydrogen-bond donors (Lipinski definition) is 1. The Balaban J connectivity index is 1.33. The lowest BCUT2D eigenvalue weighted by Crippen LogP contribution is -2.65. The molecule has 2 aromatic rings. The molecule has 4 aliphatic carbocycles. The molecule has 1 heterocycles. The highest BCUT2D eigenvalue weighted by molar-refractivity contribution is 5.93. The first kappa shape index (κ1) is 31.1. The summed E-state index contributed by atoms with van der Waals surface area (Å²) < 4.78 is 71.8. The molecule has 2 unspecified atom stereocenters. The minimum Gasteiger partial charge on any atom is -0.383 e. The topological polar surface area (TPSA) is 53.4 Å². The molecule has 2 fully saturated rings. The zero-order valence-electron chi connectivity index (χ0n) is 25.1. The third-order valence-electron chi connectivity index (χ3n) is 11.1. The minimum absolute atomic E-state index is 0.0142. The van der Waals surface area contributed by atoms with E-state index in [0.717, 1.165) is 46.5 Å². The molecule has 44 heavy (non-hydrogen) atoms. The molecule has 1 aromatic heterocycles. The van der Waals surface area contributed by atoms with Gasteiger partial charge in [-0.1, -0.05) is 42.8 Å². The third kappa shape index (κ3) is 5.04. The van der Waals surface area contributed by atoms with Crippen molar-refractivity contribution in [2.45, 2.75) is 88.5 Å². The number of pyridine rings is 1. The lowest BCUT2D eigenvalue weighted by Gasteiger charge is -2.56. The van der Waals surface area contributed by atoms with Crippen LogP contribution in [-0.4, -0.2) is 52.1 Å². The fourth-order valence-electron chi connectivity index (χ4n) is 8.81. The first-order valence-electron chi connectivity index (χ1n) is 15.6. The highest BCUT2D eigenvalue weighted by atomic mass is 19.4. The second kappa shape index (κ2) is 11.2. The number of ketones is 1. The van der Waals surface area contributed by atoms with Crippen molar-refractivity contribution in [3.63, 3.8) is 0 Å². The van der Waals surface area contributed by atoms with Gasteiger partial charge >= 0.3 is 12.1 Å². The number of carbonyl (C=O) groups is 1. The number of fused-ring (bicyclic) bond motifs is 4. The van der Waals surface area contributed by atoms with E-state index in [1.807, 2.05) is 49.5 Å². The molecule has 9 heteroatoms. The van der Waals surface area contributed by atoms with Gasteiger partial charge in [0.15, 0.2) is 5.78 Å². The Labute approximate surface area is 255 Å². The quantitative estimate of drug-likeness (QED) is 0.327. The maximum Gasteiger partial charge on any atom is 0.456 e. The average molecular weight is 615 g/mol. The second-order valence-electron chi connectivity index (χ2n) is 13.5. The Bertz CT molecular complexity index is 1470. The number of alkyl halides is 5. The van der Waals surface area contributed by atoms with Gasteiger partial charge in [-0.2, -0.15) is 22.0 Å². The van der Waals surface area contributed by atoms with E-state index >= 15 is 8.78 Å². The van der Waals surface area contributed by atoms with Crippen molar-refractivity contribution in [3.8, 4) is 0 Å². The maximum atomic E-state index is 15.2. The summed E-state index contributed by atoms with van der Waals surface area (Å²) in [5.41, 5.74) is 1.19. The molecule has 4 aliphatic rings. The van der Waals surface area contributed by atoms with Crippen LogP contribution in [0.3, 0.4) is 0 Å².